The van der Waals surface area contributed by atoms with Gasteiger partial charge in [-0.05, 0) is 31.6 Å². The van der Waals surface area contributed by atoms with Crippen LogP contribution < -0.4 is 0 Å². The standard InChI is InChI=1S/C23H44O4/c1-5-8-9-10-11-12-13-14-19-26-22(24)17-15-18-23(25)27-21(7-3)20(4)16-6-2/h20-21H,5-19H2,1-4H3. The third-order valence-corrected chi connectivity index (χ3v) is 5.09. The quantitative estimate of drug-likeness (QED) is 0.197. The predicted molar refractivity (Wildman–Crippen MR) is 112 cm³/mol. The van der Waals surface area contributed by atoms with Gasteiger partial charge < -0.3 is 9.47 Å². The van der Waals surface area contributed by atoms with E-state index in [1.165, 1.54) is 38.5 Å². The molecule has 0 fully saturated rings. The van der Waals surface area contributed by atoms with Crippen molar-refractivity contribution in [3.05, 3.63) is 0 Å². The molecule has 0 aliphatic rings. The summed E-state index contributed by atoms with van der Waals surface area (Å²) in [6.07, 6.45) is 13.9. The lowest BCUT2D eigenvalue weighted by Crippen LogP contribution is -2.24. The summed E-state index contributed by atoms with van der Waals surface area (Å²) in [6, 6.07) is 0. The molecular formula is C23H44O4. The lowest BCUT2D eigenvalue weighted by molar-refractivity contribution is -0.152. The summed E-state index contributed by atoms with van der Waals surface area (Å²) in [6.45, 7) is 9.06. The molecule has 4 heteroatoms. The third kappa shape index (κ3) is 15.7. The van der Waals surface area contributed by atoms with E-state index in [0.29, 0.717) is 31.8 Å². The fraction of sp³-hybridized carbons (Fsp3) is 0.913. The monoisotopic (exact) mass is 384 g/mol. The van der Waals surface area contributed by atoms with Gasteiger partial charge in [0.2, 0.25) is 0 Å². The lowest BCUT2D eigenvalue weighted by atomic mass is 9.97. The van der Waals surface area contributed by atoms with Crippen LogP contribution in [-0.4, -0.2) is 24.6 Å². The molecule has 0 aromatic rings. The number of carbonyl (C=O) groups is 2. The van der Waals surface area contributed by atoms with Gasteiger partial charge in [0.05, 0.1) is 6.61 Å². The largest absolute Gasteiger partial charge is 0.466 e. The Labute approximate surface area is 167 Å². The van der Waals surface area contributed by atoms with E-state index < -0.39 is 0 Å². The van der Waals surface area contributed by atoms with Crippen LogP contribution in [0.1, 0.15) is 118 Å². The minimum Gasteiger partial charge on any atom is -0.466 e. The van der Waals surface area contributed by atoms with Gasteiger partial charge >= 0.3 is 11.9 Å². The van der Waals surface area contributed by atoms with E-state index >= 15 is 0 Å². The normalized spacial score (nSPS) is 13.2. The molecule has 2 atom stereocenters. The van der Waals surface area contributed by atoms with Crippen molar-refractivity contribution in [3.63, 3.8) is 0 Å². The van der Waals surface area contributed by atoms with E-state index in [1.54, 1.807) is 0 Å². The van der Waals surface area contributed by atoms with Gasteiger partial charge in [0.25, 0.3) is 0 Å². The van der Waals surface area contributed by atoms with E-state index in [0.717, 1.165) is 32.1 Å². The average Bonchev–Trinajstić information content (AvgIpc) is 2.65. The average molecular weight is 385 g/mol. The summed E-state index contributed by atoms with van der Waals surface area (Å²) in [4.78, 5) is 23.7. The SMILES string of the molecule is CCCCCCCCCCOC(=O)CCCC(=O)OC(CC)C(C)CCC. The Morgan fingerprint density at radius 2 is 1.33 bits per heavy atom. The molecule has 0 spiro atoms. The number of carbonyl (C=O) groups excluding carboxylic acids is 2. The van der Waals surface area contributed by atoms with Crippen LogP contribution >= 0.6 is 0 Å². The second-order valence-electron chi connectivity index (χ2n) is 7.75. The van der Waals surface area contributed by atoms with E-state index in [2.05, 4.69) is 20.8 Å². The first-order chi connectivity index (χ1) is 13.0. The van der Waals surface area contributed by atoms with E-state index in [4.69, 9.17) is 9.47 Å². The Morgan fingerprint density at radius 1 is 0.741 bits per heavy atom. The minimum absolute atomic E-state index is 0.00799. The molecule has 0 aliphatic heterocycles. The van der Waals surface area contributed by atoms with Gasteiger partial charge in [-0.15, -0.1) is 0 Å². The zero-order valence-corrected chi connectivity index (χ0v) is 18.4. The van der Waals surface area contributed by atoms with Crippen molar-refractivity contribution in [2.75, 3.05) is 6.61 Å². The van der Waals surface area contributed by atoms with Crippen LogP contribution in [0.4, 0.5) is 0 Å². The highest BCUT2D eigenvalue weighted by Gasteiger charge is 2.19. The molecule has 0 aliphatic carbocycles. The van der Waals surface area contributed by atoms with Crippen LogP contribution in [0, 0.1) is 5.92 Å². The summed E-state index contributed by atoms with van der Waals surface area (Å²) in [5.74, 6) is -0.00151. The maximum Gasteiger partial charge on any atom is 0.306 e. The smallest absolute Gasteiger partial charge is 0.306 e. The molecule has 4 nitrogen and oxygen atoms in total. The van der Waals surface area contributed by atoms with Gasteiger partial charge in [0, 0.05) is 12.8 Å². The fourth-order valence-corrected chi connectivity index (χ4v) is 3.34. The molecule has 0 bridgehead atoms. The molecule has 2 unspecified atom stereocenters. The van der Waals surface area contributed by atoms with Gasteiger partial charge in [0.15, 0.2) is 0 Å². The second kappa shape index (κ2) is 18.3. The molecule has 0 aromatic heterocycles. The molecule has 0 radical (unpaired) electrons. The maximum atomic E-state index is 12.0. The summed E-state index contributed by atoms with van der Waals surface area (Å²) in [7, 11) is 0. The van der Waals surface area contributed by atoms with Gasteiger partial charge in [-0.2, -0.15) is 0 Å². The molecule has 160 valence electrons. The first-order valence-corrected chi connectivity index (χ1v) is 11.4. The maximum absolute atomic E-state index is 12.0. The van der Waals surface area contributed by atoms with Crippen LogP contribution in [0.25, 0.3) is 0 Å². The van der Waals surface area contributed by atoms with Crippen molar-refractivity contribution < 1.29 is 19.1 Å². The number of esters is 2. The molecule has 0 rings (SSSR count). The lowest BCUT2D eigenvalue weighted by Gasteiger charge is -2.22. The third-order valence-electron chi connectivity index (χ3n) is 5.09. The molecule has 0 aromatic carbocycles. The topological polar surface area (TPSA) is 52.6 Å². The van der Waals surface area contributed by atoms with Crippen LogP contribution in [0.3, 0.4) is 0 Å². The Morgan fingerprint density at radius 3 is 1.93 bits per heavy atom. The summed E-state index contributed by atoms with van der Waals surface area (Å²) < 4.78 is 10.8. The van der Waals surface area contributed by atoms with Crippen molar-refractivity contribution >= 4 is 11.9 Å². The van der Waals surface area contributed by atoms with Gasteiger partial charge in [-0.1, -0.05) is 79.1 Å². The molecule has 0 amide bonds. The van der Waals surface area contributed by atoms with Crippen molar-refractivity contribution in [2.45, 2.75) is 124 Å². The van der Waals surface area contributed by atoms with E-state index in [-0.39, 0.29) is 18.0 Å². The summed E-state index contributed by atoms with van der Waals surface area (Å²) in [5.41, 5.74) is 0. The highest BCUT2D eigenvalue weighted by atomic mass is 16.5. The zero-order chi connectivity index (χ0) is 20.3. The zero-order valence-electron chi connectivity index (χ0n) is 18.4. The molecular weight excluding hydrogens is 340 g/mol. The fourth-order valence-electron chi connectivity index (χ4n) is 3.34. The number of hydrogen-bond acceptors (Lipinski definition) is 4. The predicted octanol–water partition coefficient (Wildman–Crippen LogP) is 6.60. The Bertz CT molecular complexity index is 367. The van der Waals surface area contributed by atoms with Crippen molar-refractivity contribution in [1.82, 2.24) is 0 Å². The van der Waals surface area contributed by atoms with Gasteiger partial charge in [0.1, 0.15) is 6.10 Å². The first-order valence-electron chi connectivity index (χ1n) is 11.4. The highest BCUT2D eigenvalue weighted by Crippen LogP contribution is 2.18. The molecule has 0 saturated heterocycles. The van der Waals surface area contributed by atoms with Crippen LogP contribution in [0.15, 0.2) is 0 Å². The second-order valence-corrected chi connectivity index (χ2v) is 7.75. The molecule has 0 heterocycles. The molecule has 27 heavy (non-hydrogen) atoms. The number of unbranched alkanes of at least 4 members (excludes halogenated alkanes) is 7. The summed E-state index contributed by atoms with van der Waals surface area (Å²) in [5, 5.41) is 0. The Kier molecular flexibility index (Phi) is 17.6. The van der Waals surface area contributed by atoms with Crippen molar-refractivity contribution in [2.24, 2.45) is 5.92 Å². The Balaban J connectivity index is 3.63. The molecule has 0 saturated carbocycles. The summed E-state index contributed by atoms with van der Waals surface area (Å²) >= 11 is 0. The van der Waals surface area contributed by atoms with Gasteiger partial charge in [-0.25, -0.2) is 0 Å². The number of hydrogen-bond donors (Lipinski definition) is 0. The van der Waals surface area contributed by atoms with Crippen LogP contribution in [0.5, 0.6) is 0 Å². The van der Waals surface area contributed by atoms with E-state index in [1.807, 2.05) is 6.92 Å². The minimum atomic E-state index is -0.197. The molecule has 0 N–H and O–H groups in total. The number of rotatable bonds is 18. The van der Waals surface area contributed by atoms with Crippen molar-refractivity contribution in [3.8, 4) is 0 Å². The van der Waals surface area contributed by atoms with Crippen molar-refractivity contribution in [1.29, 1.82) is 0 Å². The number of ether oxygens (including phenoxy) is 2. The van der Waals surface area contributed by atoms with Crippen LogP contribution in [-0.2, 0) is 19.1 Å². The van der Waals surface area contributed by atoms with E-state index in [9.17, 15) is 9.59 Å². The first kappa shape index (κ1) is 25.9. The van der Waals surface area contributed by atoms with Crippen LogP contribution in [0.2, 0.25) is 0 Å². The Hall–Kier alpha value is -1.06. The highest BCUT2D eigenvalue weighted by molar-refractivity contribution is 5.72. The van der Waals surface area contributed by atoms with Gasteiger partial charge in [-0.3, -0.25) is 9.59 Å².